The van der Waals surface area contributed by atoms with Crippen molar-refractivity contribution in [2.45, 2.75) is 32.1 Å². The average Bonchev–Trinajstić information content (AvgIpc) is 2.27. The minimum atomic E-state index is -0.366. The van der Waals surface area contributed by atoms with Gasteiger partial charge in [-0.15, -0.1) is 6.58 Å². The number of carbonyl (C=O) groups is 1. The highest BCUT2D eigenvalue weighted by Crippen LogP contribution is 2.30. The molecule has 0 aliphatic rings. The molecule has 15 heavy (non-hydrogen) atoms. The zero-order valence-electron chi connectivity index (χ0n) is 9.49. The van der Waals surface area contributed by atoms with Gasteiger partial charge in [0.2, 0.25) is 0 Å². The summed E-state index contributed by atoms with van der Waals surface area (Å²) in [5.74, 6) is 0.218. The molecular weight excluding hydrogens is 184 g/mol. The molecule has 1 unspecified atom stereocenters. The van der Waals surface area contributed by atoms with E-state index in [2.05, 4.69) is 6.58 Å². The van der Waals surface area contributed by atoms with Gasteiger partial charge < -0.3 is 0 Å². The summed E-state index contributed by atoms with van der Waals surface area (Å²) in [5.41, 5.74) is 0.731. The van der Waals surface area contributed by atoms with Crippen molar-refractivity contribution in [3.05, 3.63) is 48.6 Å². The highest BCUT2D eigenvalue weighted by molar-refractivity contribution is 5.87. The molecule has 1 nitrogen and oxygen atoms in total. The maximum atomic E-state index is 11.7. The standard InChI is InChI=1S/C14H18O/c1-4-5-11-14(3,12(2)15)13-9-7-6-8-10-13/h4,6-10H,1,5,11H2,2-3H3. The van der Waals surface area contributed by atoms with E-state index < -0.39 is 0 Å². The van der Waals surface area contributed by atoms with E-state index in [0.717, 1.165) is 18.4 Å². The first-order valence-electron chi connectivity index (χ1n) is 5.28. The molecule has 1 heteroatoms. The Bertz CT molecular complexity index is 340. The summed E-state index contributed by atoms with van der Waals surface area (Å²) in [6.07, 6.45) is 3.56. The van der Waals surface area contributed by atoms with Crippen molar-refractivity contribution in [2.24, 2.45) is 0 Å². The summed E-state index contributed by atoms with van der Waals surface area (Å²) in [5, 5.41) is 0. The van der Waals surface area contributed by atoms with E-state index in [-0.39, 0.29) is 11.2 Å². The van der Waals surface area contributed by atoms with Crippen LogP contribution in [0.3, 0.4) is 0 Å². The fraction of sp³-hybridized carbons (Fsp3) is 0.357. The van der Waals surface area contributed by atoms with Crippen molar-refractivity contribution in [3.63, 3.8) is 0 Å². The summed E-state index contributed by atoms with van der Waals surface area (Å²) in [4.78, 5) is 11.7. The maximum absolute atomic E-state index is 11.7. The van der Waals surface area contributed by atoms with Crippen LogP contribution in [0.15, 0.2) is 43.0 Å². The van der Waals surface area contributed by atoms with Crippen LogP contribution in [0, 0.1) is 0 Å². The maximum Gasteiger partial charge on any atom is 0.140 e. The van der Waals surface area contributed by atoms with Crippen LogP contribution < -0.4 is 0 Å². The van der Waals surface area contributed by atoms with Crippen LogP contribution in [0.5, 0.6) is 0 Å². The van der Waals surface area contributed by atoms with E-state index in [1.165, 1.54) is 0 Å². The summed E-state index contributed by atoms with van der Waals surface area (Å²) in [6.45, 7) is 7.38. The highest BCUT2D eigenvalue weighted by atomic mass is 16.1. The van der Waals surface area contributed by atoms with Gasteiger partial charge in [0, 0.05) is 0 Å². The molecule has 0 saturated carbocycles. The molecule has 0 fully saturated rings. The molecule has 0 N–H and O–H groups in total. The number of rotatable bonds is 5. The first-order valence-corrected chi connectivity index (χ1v) is 5.28. The van der Waals surface area contributed by atoms with Gasteiger partial charge in [0.1, 0.15) is 5.78 Å². The van der Waals surface area contributed by atoms with Gasteiger partial charge in [0.05, 0.1) is 5.41 Å². The Morgan fingerprint density at radius 1 is 1.40 bits per heavy atom. The number of benzene rings is 1. The highest BCUT2D eigenvalue weighted by Gasteiger charge is 2.30. The van der Waals surface area contributed by atoms with E-state index in [9.17, 15) is 4.79 Å². The molecule has 0 saturated heterocycles. The molecule has 0 heterocycles. The fourth-order valence-corrected chi connectivity index (χ4v) is 1.72. The largest absolute Gasteiger partial charge is 0.299 e. The molecule has 0 aliphatic heterocycles. The Kier molecular flexibility index (Phi) is 3.84. The van der Waals surface area contributed by atoms with E-state index in [4.69, 9.17) is 0 Å². The molecule has 1 rings (SSSR count). The van der Waals surface area contributed by atoms with Crippen LogP contribution in [0.1, 0.15) is 32.3 Å². The Morgan fingerprint density at radius 3 is 2.47 bits per heavy atom. The second-order valence-electron chi connectivity index (χ2n) is 4.08. The fourth-order valence-electron chi connectivity index (χ4n) is 1.72. The van der Waals surface area contributed by atoms with Crippen molar-refractivity contribution < 1.29 is 4.79 Å². The second-order valence-corrected chi connectivity index (χ2v) is 4.08. The molecule has 0 radical (unpaired) electrons. The van der Waals surface area contributed by atoms with Crippen molar-refractivity contribution in [1.29, 1.82) is 0 Å². The Labute approximate surface area is 91.8 Å². The molecule has 80 valence electrons. The van der Waals surface area contributed by atoms with Crippen molar-refractivity contribution in [3.8, 4) is 0 Å². The second kappa shape index (κ2) is 4.92. The first-order chi connectivity index (χ1) is 7.11. The topological polar surface area (TPSA) is 17.1 Å². The van der Waals surface area contributed by atoms with Crippen LogP contribution in [0.25, 0.3) is 0 Å². The average molecular weight is 202 g/mol. The van der Waals surface area contributed by atoms with Crippen molar-refractivity contribution >= 4 is 5.78 Å². The third kappa shape index (κ3) is 2.56. The van der Waals surface area contributed by atoms with Crippen molar-refractivity contribution in [2.75, 3.05) is 0 Å². The molecule has 0 aliphatic carbocycles. The van der Waals surface area contributed by atoms with E-state index in [0.29, 0.717) is 0 Å². The molecule has 0 bridgehead atoms. The van der Waals surface area contributed by atoms with Gasteiger partial charge in [-0.25, -0.2) is 0 Å². The summed E-state index contributed by atoms with van der Waals surface area (Å²) < 4.78 is 0. The molecule has 1 atom stereocenters. The number of allylic oxidation sites excluding steroid dienone is 1. The monoisotopic (exact) mass is 202 g/mol. The van der Waals surface area contributed by atoms with Gasteiger partial charge in [-0.1, -0.05) is 36.4 Å². The zero-order valence-corrected chi connectivity index (χ0v) is 9.49. The number of hydrogen-bond acceptors (Lipinski definition) is 1. The smallest absolute Gasteiger partial charge is 0.140 e. The van der Waals surface area contributed by atoms with Crippen LogP contribution in [-0.4, -0.2) is 5.78 Å². The van der Waals surface area contributed by atoms with Crippen molar-refractivity contribution in [1.82, 2.24) is 0 Å². The minimum absolute atomic E-state index is 0.218. The normalized spacial score (nSPS) is 14.3. The van der Waals surface area contributed by atoms with E-state index in [1.54, 1.807) is 6.92 Å². The third-order valence-corrected chi connectivity index (χ3v) is 3.04. The first kappa shape index (κ1) is 11.7. The number of hydrogen-bond donors (Lipinski definition) is 0. The van der Waals surface area contributed by atoms with Gasteiger partial charge in [-0.05, 0) is 32.3 Å². The quantitative estimate of drug-likeness (QED) is 0.668. The lowest BCUT2D eigenvalue weighted by atomic mass is 9.75. The zero-order chi connectivity index (χ0) is 11.3. The predicted octanol–water partition coefficient (Wildman–Crippen LogP) is 3.50. The van der Waals surface area contributed by atoms with Crippen LogP contribution in [-0.2, 0) is 10.2 Å². The summed E-state index contributed by atoms with van der Waals surface area (Å²) in [7, 11) is 0. The lowest BCUT2D eigenvalue weighted by Crippen LogP contribution is -2.30. The van der Waals surface area contributed by atoms with Gasteiger partial charge in [0.25, 0.3) is 0 Å². The molecule has 0 spiro atoms. The Hall–Kier alpha value is -1.37. The van der Waals surface area contributed by atoms with Gasteiger partial charge >= 0.3 is 0 Å². The number of Topliss-reactive ketones (excluding diaryl/α,β-unsaturated/α-hetero) is 1. The molecule has 0 amide bonds. The third-order valence-electron chi connectivity index (χ3n) is 3.04. The number of carbonyl (C=O) groups excluding carboxylic acids is 1. The molecular formula is C14H18O. The lowest BCUT2D eigenvalue weighted by Gasteiger charge is -2.26. The summed E-state index contributed by atoms with van der Waals surface area (Å²) >= 11 is 0. The Balaban J connectivity index is 3.01. The molecule has 0 aromatic heterocycles. The Morgan fingerprint density at radius 2 is 2.00 bits per heavy atom. The number of ketones is 1. The molecule has 1 aromatic rings. The van der Waals surface area contributed by atoms with Gasteiger partial charge in [0.15, 0.2) is 0 Å². The SMILES string of the molecule is C=CCCC(C)(C(C)=O)c1ccccc1. The summed E-state index contributed by atoms with van der Waals surface area (Å²) in [6, 6.07) is 9.96. The predicted molar refractivity (Wildman–Crippen MR) is 63.9 cm³/mol. The van der Waals surface area contributed by atoms with E-state index in [1.807, 2.05) is 43.3 Å². The molecule has 1 aromatic carbocycles. The van der Waals surface area contributed by atoms with Gasteiger partial charge in [-0.3, -0.25) is 4.79 Å². The van der Waals surface area contributed by atoms with E-state index >= 15 is 0 Å². The minimum Gasteiger partial charge on any atom is -0.299 e. The van der Waals surface area contributed by atoms with Crippen LogP contribution in [0.4, 0.5) is 0 Å². The van der Waals surface area contributed by atoms with Gasteiger partial charge in [-0.2, -0.15) is 0 Å². The van der Waals surface area contributed by atoms with Crippen LogP contribution in [0.2, 0.25) is 0 Å². The van der Waals surface area contributed by atoms with Crippen LogP contribution >= 0.6 is 0 Å². The lowest BCUT2D eigenvalue weighted by molar-refractivity contribution is -0.122.